The monoisotopic (exact) mass is 234 g/mol. The number of benzene rings is 1. The van der Waals surface area contributed by atoms with Crippen molar-refractivity contribution in [1.29, 1.82) is 0 Å². The zero-order valence-corrected chi connectivity index (χ0v) is 10.9. The second-order valence-corrected chi connectivity index (χ2v) is 5.10. The molecule has 3 N–H and O–H groups in total. The molecular weight excluding hydrogens is 212 g/mol. The van der Waals surface area contributed by atoms with E-state index < -0.39 is 0 Å². The van der Waals surface area contributed by atoms with Crippen molar-refractivity contribution in [2.45, 2.75) is 25.8 Å². The van der Waals surface area contributed by atoms with E-state index in [4.69, 9.17) is 10.5 Å². The van der Waals surface area contributed by atoms with Gasteiger partial charge in [0.2, 0.25) is 0 Å². The van der Waals surface area contributed by atoms with Crippen molar-refractivity contribution in [3.05, 3.63) is 29.3 Å². The number of nitrogens with two attached hydrogens (primary N) is 1. The maximum absolute atomic E-state index is 6.40. The molecule has 1 aromatic carbocycles. The van der Waals surface area contributed by atoms with Gasteiger partial charge in [-0.1, -0.05) is 12.1 Å². The number of hydrogen-bond acceptors (Lipinski definition) is 3. The van der Waals surface area contributed by atoms with Gasteiger partial charge in [0.1, 0.15) is 5.75 Å². The van der Waals surface area contributed by atoms with E-state index in [-0.39, 0.29) is 11.5 Å². The van der Waals surface area contributed by atoms with E-state index in [0.717, 1.165) is 17.9 Å². The van der Waals surface area contributed by atoms with Crippen LogP contribution in [0.2, 0.25) is 0 Å². The summed E-state index contributed by atoms with van der Waals surface area (Å²) in [5, 5.41) is 3.25. The Bertz CT molecular complexity index is 399. The fourth-order valence-electron chi connectivity index (χ4n) is 2.56. The van der Waals surface area contributed by atoms with Crippen molar-refractivity contribution in [3.8, 4) is 5.75 Å². The number of hydrogen-bond donors (Lipinski definition) is 2. The highest BCUT2D eigenvalue weighted by molar-refractivity contribution is 5.38. The Morgan fingerprint density at radius 3 is 2.65 bits per heavy atom. The molecule has 17 heavy (non-hydrogen) atoms. The van der Waals surface area contributed by atoms with Crippen molar-refractivity contribution in [3.63, 3.8) is 0 Å². The summed E-state index contributed by atoms with van der Waals surface area (Å²) in [5.74, 6) is 0.930. The minimum absolute atomic E-state index is 0.125. The molecule has 0 amide bonds. The van der Waals surface area contributed by atoms with Crippen LogP contribution >= 0.6 is 0 Å². The Hall–Kier alpha value is -1.06. The van der Waals surface area contributed by atoms with Crippen LogP contribution in [0.15, 0.2) is 18.2 Å². The maximum Gasteiger partial charge on any atom is 0.121 e. The van der Waals surface area contributed by atoms with Crippen LogP contribution in [0.4, 0.5) is 0 Å². The molecule has 1 atom stereocenters. The number of ether oxygens (including phenoxy) is 1. The van der Waals surface area contributed by atoms with Crippen LogP contribution < -0.4 is 15.8 Å². The Morgan fingerprint density at radius 2 is 2.18 bits per heavy atom. The molecule has 0 bridgehead atoms. The second-order valence-electron chi connectivity index (χ2n) is 5.10. The van der Waals surface area contributed by atoms with E-state index in [0.29, 0.717) is 0 Å². The molecular formula is C14H22N2O. The third-order valence-corrected chi connectivity index (χ3v) is 3.86. The molecule has 1 saturated carbocycles. The summed E-state index contributed by atoms with van der Waals surface area (Å²) < 4.78 is 5.28. The molecule has 1 aliphatic rings. The molecule has 1 fully saturated rings. The first kappa shape index (κ1) is 12.4. The first-order valence-corrected chi connectivity index (χ1v) is 6.18. The highest BCUT2D eigenvalue weighted by Crippen LogP contribution is 2.53. The Balaban J connectivity index is 2.20. The summed E-state index contributed by atoms with van der Waals surface area (Å²) >= 11 is 0. The lowest BCUT2D eigenvalue weighted by Gasteiger charge is -2.24. The Morgan fingerprint density at radius 1 is 1.47 bits per heavy atom. The molecule has 1 aliphatic carbocycles. The average molecular weight is 234 g/mol. The second kappa shape index (κ2) is 4.67. The smallest absolute Gasteiger partial charge is 0.121 e. The summed E-state index contributed by atoms with van der Waals surface area (Å²) in [6, 6.07) is 6.38. The third-order valence-electron chi connectivity index (χ3n) is 3.86. The van der Waals surface area contributed by atoms with Gasteiger partial charge in [-0.15, -0.1) is 0 Å². The lowest BCUT2D eigenvalue weighted by molar-refractivity contribution is 0.389. The molecule has 0 aromatic heterocycles. The van der Waals surface area contributed by atoms with Gasteiger partial charge in [0.05, 0.1) is 7.11 Å². The largest absolute Gasteiger partial charge is 0.496 e. The maximum atomic E-state index is 6.40. The number of rotatable bonds is 5. The molecule has 94 valence electrons. The number of aryl methyl sites for hydroxylation is 1. The zero-order valence-electron chi connectivity index (χ0n) is 10.9. The van der Waals surface area contributed by atoms with Gasteiger partial charge < -0.3 is 15.8 Å². The van der Waals surface area contributed by atoms with Crippen molar-refractivity contribution >= 4 is 0 Å². The van der Waals surface area contributed by atoms with Gasteiger partial charge in [0.15, 0.2) is 0 Å². The van der Waals surface area contributed by atoms with Crippen LogP contribution in [0.25, 0.3) is 0 Å². The van der Waals surface area contributed by atoms with Crippen molar-refractivity contribution < 1.29 is 4.74 Å². The molecule has 3 heteroatoms. The molecule has 0 heterocycles. The molecule has 0 aliphatic heterocycles. The van der Waals surface area contributed by atoms with E-state index in [1.54, 1.807) is 7.11 Å². The first-order chi connectivity index (χ1) is 8.13. The predicted molar refractivity (Wildman–Crippen MR) is 70.3 cm³/mol. The molecule has 1 unspecified atom stereocenters. The van der Waals surface area contributed by atoms with Gasteiger partial charge in [0.25, 0.3) is 0 Å². The van der Waals surface area contributed by atoms with Crippen LogP contribution in [0, 0.1) is 12.3 Å². The SMILES string of the molecule is CNCC1(C(N)c2ccc(OC)c(C)c2)CC1. The molecule has 0 saturated heterocycles. The third kappa shape index (κ3) is 2.31. The minimum Gasteiger partial charge on any atom is -0.496 e. The minimum atomic E-state index is 0.125. The van der Waals surface area contributed by atoms with Crippen molar-refractivity contribution in [1.82, 2.24) is 5.32 Å². The van der Waals surface area contributed by atoms with E-state index in [1.807, 2.05) is 13.1 Å². The summed E-state index contributed by atoms with van der Waals surface area (Å²) in [6.07, 6.45) is 2.44. The summed E-state index contributed by atoms with van der Waals surface area (Å²) in [6.45, 7) is 3.06. The van der Waals surface area contributed by atoms with Crippen LogP contribution in [-0.2, 0) is 0 Å². The van der Waals surface area contributed by atoms with Crippen LogP contribution in [-0.4, -0.2) is 20.7 Å². The first-order valence-electron chi connectivity index (χ1n) is 6.18. The predicted octanol–water partition coefficient (Wildman–Crippen LogP) is 2.00. The summed E-state index contributed by atoms with van der Waals surface area (Å²) in [5.41, 5.74) is 9.05. The molecule has 1 aromatic rings. The van der Waals surface area contributed by atoms with Crippen LogP contribution in [0.5, 0.6) is 5.75 Å². The van der Waals surface area contributed by atoms with Crippen molar-refractivity contribution in [2.24, 2.45) is 11.1 Å². The molecule has 0 radical (unpaired) electrons. The van der Waals surface area contributed by atoms with Gasteiger partial charge >= 0.3 is 0 Å². The Labute approximate surface area is 103 Å². The molecule has 0 spiro atoms. The molecule has 3 nitrogen and oxygen atoms in total. The lowest BCUT2D eigenvalue weighted by Crippen LogP contribution is -2.31. The summed E-state index contributed by atoms with van der Waals surface area (Å²) in [4.78, 5) is 0. The van der Waals surface area contributed by atoms with Gasteiger partial charge in [-0.05, 0) is 44.0 Å². The van der Waals surface area contributed by atoms with Gasteiger partial charge in [-0.2, -0.15) is 0 Å². The normalized spacial score (nSPS) is 18.8. The Kier molecular flexibility index (Phi) is 3.40. The fourth-order valence-corrected chi connectivity index (χ4v) is 2.56. The highest BCUT2D eigenvalue weighted by Gasteiger charge is 2.47. The average Bonchev–Trinajstić information content (AvgIpc) is 3.09. The van der Waals surface area contributed by atoms with E-state index >= 15 is 0 Å². The van der Waals surface area contributed by atoms with Crippen LogP contribution in [0.3, 0.4) is 0 Å². The van der Waals surface area contributed by atoms with E-state index in [1.165, 1.54) is 18.4 Å². The van der Waals surface area contributed by atoms with Gasteiger partial charge in [-0.25, -0.2) is 0 Å². The molecule has 2 rings (SSSR count). The number of methoxy groups -OCH3 is 1. The van der Waals surface area contributed by atoms with Gasteiger partial charge in [0, 0.05) is 18.0 Å². The fraction of sp³-hybridized carbons (Fsp3) is 0.571. The summed E-state index contributed by atoms with van der Waals surface area (Å²) in [7, 11) is 3.69. The zero-order chi connectivity index (χ0) is 12.5. The van der Waals surface area contributed by atoms with Crippen molar-refractivity contribution in [2.75, 3.05) is 20.7 Å². The topological polar surface area (TPSA) is 47.3 Å². The lowest BCUT2D eigenvalue weighted by atomic mass is 9.90. The number of nitrogens with one attached hydrogen (secondary N) is 1. The standard InChI is InChI=1S/C14H22N2O/c1-10-8-11(4-5-12(10)17-3)13(15)14(6-7-14)9-16-2/h4-5,8,13,16H,6-7,9,15H2,1-3H3. The quantitative estimate of drug-likeness (QED) is 0.819. The van der Waals surface area contributed by atoms with Crippen LogP contribution in [0.1, 0.15) is 30.0 Å². The van der Waals surface area contributed by atoms with E-state index in [9.17, 15) is 0 Å². The highest BCUT2D eigenvalue weighted by atomic mass is 16.5. The van der Waals surface area contributed by atoms with Gasteiger partial charge in [-0.3, -0.25) is 0 Å². The van der Waals surface area contributed by atoms with E-state index in [2.05, 4.69) is 24.4 Å².